The van der Waals surface area contributed by atoms with Gasteiger partial charge in [-0.1, -0.05) is 11.6 Å². The normalized spacial score (nSPS) is 15.3. The number of benzene rings is 1. The Morgan fingerprint density at radius 1 is 1.21 bits per heavy atom. The minimum atomic E-state index is -3.34. The van der Waals surface area contributed by atoms with Crippen LogP contribution in [0.15, 0.2) is 48.0 Å². The Morgan fingerprint density at radius 3 is 2.59 bits per heavy atom. The first kappa shape index (κ1) is 20.3. The number of hydrogen-bond donors (Lipinski definition) is 1. The molecule has 1 saturated carbocycles. The van der Waals surface area contributed by atoms with E-state index in [1.165, 1.54) is 11.4 Å². The molecule has 0 amide bonds. The molecule has 5 nitrogen and oxygen atoms in total. The number of aliphatic hydroxyl groups excluding tert-OH is 1. The number of rotatable bonds is 6. The van der Waals surface area contributed by atoms with Gasteiger partial charge in [0, 0.05) is 34.8 Å². The lowest BCUT2D eigenvalue weighted by molar-refractivity contribution is 0.252. The Kier molecular flexibility index (Phi) is 5.19. The monoisotopic (exact) mass is 448 g/mol. The lowest BCUT2D eigenvalue weighted by Gasteiger charge is -2.17. The van der Waals surface area contributed by atoms with Gasteiger partial charge in [-0.25, -0.2) is 8.42 Å². The molecule has 1 aromatic carbocycles. The van der Waals surface area contributed by atoms with E-state index in [2.05, 4.69) is 22.5 Å². The average Bonchev–Trinajstić information content (AvgIpc) is 3.36. The van der Waals surface area contributed by atoms with Crippen LogP contribution in [0.4, 0.5) is 5.69 Å². The molecule has 1 aliphatic rings. The molecule has 0 aliphatic heterocycles. The van der Waals surface area contributed by atoms with Gasteiger partial charge in [-0.05, 0) is 65.7 Å². The summed E-state index contributed by atoms with van der Waals surface area (Å²) in [4.78, 5) is 5.46. The predicted octanol–water partition coefficient (Wildman–Crippen LogP) is 4.55. The van der Waals surface area contributed by atoms with Gasteiger partial charge in [0.2, 0.25) is 10.0 Å². The fourth-order valence-corrected chi connectivity index (χ4v) is 5.05. The second-order valence-corrected chi connectivity index (χ2v) is 10.8. The van der Waals surface area contributed by atoms with E-state index in [1.807, 2.05) is 12.1 Å². The molecular weight excluding hydrogens is 428 g/mol. The van der Waals surface area contributed by atoms with Crippen LogP contribution in [0.1, 0.15) is 18.5 Å². The fraction of sp³-hybridized carbons (Fsp3) is 0.286. The van der Waals surface area contributed by atoms with Crippen molar-refractivity contribution >= 4 is 38.6 Å². The van der Waals surface area contributed by atoms with Crippen molar-refractivity contribution in [3.63, 3.8) is 0 Å². The van der Waals surface area contributed by atoms with Crippen molar-refractivity contribution in [2.75, 3.05) is 24.2 Å². The summed E-state index contributed by atoms with van der Waals surface area (Å²) in [5.41, 5.74) is 4.28. The summed E-state index contributed by atoms with van der Waals surface area (Å²) in [6.45, 7) is 0.127. The van der Waals surface area contributed by atoms with E-state index in [0.717, 1.165) is 46.4 Å². The van der Waals surface area contributed by atoms with Crippen LogP contribution in [0.2, 0.25) is 5.02 Å². The third kappa shape index (κ3) is 3.92. The molecule has 1 aliphatic carbocycles. The molecule has 0 spiro atoms. The largest absolute Gasteiger partial charge is 0.395 e. The fourth-order valence-electron chi connectivity index (χ4n) is 3.27. The summed E-state index contributed by atoms with van der Waals surface area (Å²) in [6.07, 6.45) is 4.89. The number of sulfonamides is 1. The third-order valence-electron chi connectivity index (χ3n) is 5.47. The molecule has 0 saturated heterocycles. The van der Waals surface area contributed by atoms with Crippen molar-refractivity contribution < 1.29 is 13.5 Å². The smallest absolute Gasteiger partial charge is 0.231 e. The summed E-state index contributed by atoms with van der Waals surface area (Å²) in [6, 6.07) is 11.4. The standard InChI is InChI=1S/C21H21ClN2O3S2/c1-24(29(2,26)27)16-3-4-17(18(22)11-16)19-9-15(12-28-19)14-5-8-23-20(10-14)21(13-25)6-7-21/h3-5,8-12,25H,6-7,13H2,1-2H3. The molecule has 2 aromatic heterocycles. The first-order valence-corrected chi connectivity index (χ1v) is 12.2. The summed E-state index contributed by atoms with van der Waals surface area (Å²) in [5.74, 6) is 0. The van der Waals surface area contributed by atoms with Crippen LogP contribution in [0.25, 0.3) is 21.6 Å². The molecule has 0 unspecified atom stereocenters. The van der Waals surface area contributed by atoms with Crippen molar-refractivity contribution in [2.24, 2.45) is 0 Å². The highest BCUT2D eigenvalue weighted by Crippen LogP contribution is 2.47. The van der Waals surface area contributed by atoms with E-state index >= 15 is 0 Å². The van der Waals surface area contributed by atoms with Gasteiger partial charge in [0.1, 0.15) is 0 Å². The third-order valence-corrected chi connectivity index (χ3v) is 7.95. The number of thiophene rings is 1. The molecule has 8 heteroatoms. The lowest BCUT2D eigenvalue weighted by Crippen LogP contribution is -2.24. The zero-order valence-corrected chi connectivity index (χ0v) is 18.5. The summed E-state index contributed by atoms with van der Waals surface area (Å²) >= 11 is 8.05. The second kappa shape index (κ2) is 7.40. The van der Waals surface area contributed by atoms with E-state index in [1.54, 1.807) is 29.7 Å². The molecular formula is C21H21ClN2O3S2. The molecule has 4 rings (SSSR count). The van der Waals surface area contributed by atoms with Gasteiger partial charge in [0.25, 0.3) is 0 Å². The zero-order valence-electron chi connectivity index (χ0n) is 16.1. The molecule has 0 radical (unpaired) electrons. The number of aliphatic hydroxyl groups is 1. The topological polar surface area (TPSA) is 70.5 Å². The predicted molar refractivity (Wildman–Crippen MR) is 119 cm³/mol. The number of anilines is 1. The first-order chi connectivity index (χ1) is 13.7. The van der Waals surface area contributed by atoms with Gasteiger partial charge in [-0.2, -0.15) is 0 Å². The van der Waals surface area contributed by atoms with Crippen molar-refractivity contribution in [1.82, 2.24) is 4.98 Å². The van der Waals surface area contributed by atoms with Crippen molar-refractivity contribution in [3.8, 4) is 21.6 Å². The Morgan fingerprint density at radius 2 is 1.97 bits per heavy atom. The van der Waals surface area contributed by atoms with Crippen molar-refractivity contribution in [1.29, 1.82) is 0 Å². The van der Waals surface area contributed by atoms with Crippen LogP contribution >= 0.6 is 22.9 Å². The zero-order chi connectivity index (χ0) is 20.8. The lowest BCUT2D eigenvalue weighted by atomic mass is 9.99. The van der Waals surface area contributed by atoms with Gasteiger partial charge < -0.3 is 5.11 Å². The average molecular weight is 449 g/mol. The van der Waals surface area contributed by atoms with Crippen LogP contribution in [0.3, 0.4) is 0 Å². The number of pyridine rings is 1. The van der Waals surface area contributed by atoms with Crippen LogP contribution in [-0.4, -0.2) is 38.4 Å². The van der Waals surface area contributed by atoms with E-state index in [0.29, 0.717) is 10.7 Å². The van der Waals surface area contributed by atoms with Gasteiger partial charge in [-0.15, -0.1) is 11.3 Å². The maximum absolute atomic E-state index is 11.7. The molecule has 3 aromatic rings. The van der Waals surface area contributed by atoms with E-state index in [4.69, 9.17) is 11.6 Å². The highest BCUT2D eigenvalue weighted by molar-refractivity contribution is 7.92. The van der Waals surface area contributed by atoms with Crippen LogP contribution < -0.4 is 4.31 Å². The Bertz CT molecular complexity index is 1170. The van der Waals surface area contributed by atoms with Crippen molar-refractivity contribution in [3.05, 3.63) is 58.7 Å². The molecule has 0 atom stereocenters. The van der Waals surface area contributed by atoms with Crippen LogP contribution in [0, 0.1) is 0 Å². The molecule has 2 heterocycles. The number of hydrogen-bond acceptors (Lipinski definition) is 5. The highest BCUT2D eigenvalue weighted by Gasteiger charge is 2.45. The SMILES string of the molecule is CN(c1ccc(-c2cc(-c3ccnc(C4(CO)CC4)c3)cs2)c(Cl)c1)S(C)(=O)=O. The van der Waals surface area contributed by atoms with Gasteiger partial charge in [-0.3, -0.25) is 9.29 Å². The van der Waals surface area contributed by atoms with Crippen LogP contribution in [0.5, 0.6) is 0 Å². The van der Waals surface area contributed by atoms with E-state index < -0.39 is 10.0 Å². The quantitative estimate of drug-likeness (QED) is 0.600. The minimum Gasteiger partial charge on any atom is -0.395 e. The Hall–Kier alpha value is -1.93. The molecule has 29 heavy (non-hydrogen) atoms. The maximum Gasteiger partial charge on any atom is 0.231 e. The van der Waals surface area contributed by atoms with Gasteiger partial charge in [0.15, 0.2) is 0 Å². The highest BCUT2D eigenvalue weighted by atomic mass is 35.5. The molecule has 152 valence electrons. The number of nitrogens with zero attached hydrogens (tertiary/aromatic N) is 2. The van der Waals surface area contributed by atoms with Gasteiger partial charge >= 0.3 is 0 Å². The van der Waals surface area contributed by atoms with Crippen molar-refractivity contribution in [2.45, 2.75) is 18.3 Å². The molecule has 0 bridgehead atoms. The second-order valence-electron chi connectivity index (χ2n) is 7.46. The minimum absolute atomic E-state index is 0.127. The molecule has 1 fully saturated rings. The number of aromatic nitrogens is 1. The Balaban J connectivity index is 1.64. The van der Waals surface area contributed by atoms with E-state index in [9.17, 15) is 13.5 Å². The van der Waals surface area contributed by atoms with Crippen LogP contribution in [-0.2, 0) is 15.4 Å². The van der Waals surface area contributed by atoms with E-state index in [-0.39, 0.29) is 12.0 Å². The summed E-state index contributed by atoms with van der Waals surface area (Å²) in [5, 5.41) is 12.2. The summed E-state index contributed by atoms with van der Waals surface area (Å²) < 4.78 is 24.7. The maximum atomic E-state index is 11.7. The molecule has 1 N–H and O–H groups in total. The Labute approximate surface area is 179 Å². The number of halogens is 1. The summed E-state index contributed by atoms with van der Waals surface area (Å²) in [7, 11) is -1.84. The van der Waals surface area contributed by atoms with Gasteiger partial charge in [0.05, 0.1) is 23.6 Å². The first-order valence-electron chi connectivity index (χ1n) is 9.14.